The Morgan fingerprint density at radius 1 is 1.00 bits per heavy atom. The minimum atomic E-state index is -4.40. The number of nitrogens with one attached hydrogen (secondary N) is 3. The summed E-state index contributed by atoms with van der Waals surface area (Å²) in [5.41, 5.74) is -0.732. The van der Waals surface area contributed by atoms with Crippen molar-refractivity contribution >= 4 is 40.0 Å². The van der Waals surface area contributed by atoms with Crippen molar-refractivity contribution in [2.24, 2.45) is 0 Å². The first-order chi connectivity index (χ1) is 16.4. The van der Waals surface area contributed by atoms with Crippen molar-refractivity contribution in [3.05, 3.63) is 59.2 Å². The Kier molecular flexibility index (Phi) is 6.48. The number of benzene rings is 2. The van der Waals surface area contributed by atoms with Crippen LogP contribution in [0.3, 0.4) is 0 Å². The molecule has 0 saturated heterocycles. The molecule has 2 amide bonds. The van der Waals surface area contributed by atoms with E-state index in [0.29, 0.717) is 47.5 Å². The van der Waals surface area contributed by atoms with E-state index in [-0.39, 0.29) is 0 Å². The van der Waals surface area contributed by atoms with Crippen molar-refractivity contribution in [3.63, 3.8) is 0 Å². The van der Waals surface area contributed by atoms with Crippen LogP contribution in [0.15, 0.2) is 48.7 Å². The first-order valence-electron chi connectivity index (χ1n) is 11.1. The standard InChI is InChI=1S/C25H25ClF3N3O3/c1-23(32-22(34)21(33)31-20-14-30-19-8-5-16(26)13-18(19)20)9-11-24(2,12-10-23)35-17-6-3-15(4-7-17)25(27,28)29/h3-8,13-14,30H,9-12H2,1-2H3,(H,31,33)(H,32,34). The summed E-state index contributed by atoms with van der Waals surface area (Å²) in [4.78, 5) is 28.2. The van der Waals surface area contributed by atoms with E-state index in [9.17, 15) is 22.8 Å². The highest BCUT2D eigenvalue weighted by Gasteiger charge is 2.41. The van der Waals surface area contributed by atoms with E-state index in [4.69, 9.17) is 16.3 Å². The largest absolute Gasteiger partial charge is 0.488 e. The van der Waals surface area contributed by atoms with Crippen LogP contribution in [0.5, 0.6) is 5.75 Å². The zero-order valence-corrected chi connectivity index (χ0v) is 19.9. The van der Waals surface area contributed by atoms with Crippen LogP contribution in [-0.4, -0.2) is 27.9 Å². The molecule has 1 heterocycles. The topological polar surface area (TPSA) is 83.2 Å². The number of halogens is 4. The highest BCUT2D eigenvalue weighted by molar-refractivity contribution is 6.40. The molecule has 4 rings (SSSR count). The fourth-order valence-corrected chi connectivity index (χ4v) is 4.43. The molecule has 0 radical (unpaired) electrons. The Balaban J connectivity index is 1.33. The number of hydrogen-bond acceptors (Lipinski definition) is 3. The van der Waals surface area contributed by atoms with Crippen molar-refractivity contribution in [1.29, 1.82) is 0 Å². The quantitative estimate of drug-likeness (QED) is 0.375. The highest BCUT2D eigenvalue weighted by atomic mass is 35.5. The SMILES string of the molecule is CC1(NC(=O)C(=O)Nc2c[nH]c3ccc(Cl)cc23)CCC(C)(Oc2ccc(C(F)(F)F)cc2)CC1. The van der Waals surface area contributed by atoms with Crippen molar-refractivity contribution < 1.29 is 27.5 Å². The lowest BCUT2D eigenvalue weighted by atomic mass is 9.75. The molecule has 0 spiro atoms. The zero-order chi connectivity index (χ0) is 25.4. The number of carbonyl (C=O) groups excluding carboxylic acids is 2. The van der Waals surface area contributed by atoms with E-state index in [0.717, 1.165) is 17.6 Å². The number of anilines is 1. The second kappa shape index (κ2) is 9.11. The van der Waals surface area contributed by atoms with Gasteiger partial charge in [0.15, 0.2) is 0 Å². The van der Waals surface area contributed by atoms with E-state index < -0.39 is 34.7 Å². The van der Waals surface area contributed by atoms with E-state index in [2.05, 4.69) is 15.6 Å². The van der Waals surface area contributed by atoms with Crippen LogP contribution in [0.1, 0.15) is 45.1 Å². The second-order valence-electron chi connectivity index (χ2n) is 9.44. The summed E-state index contributed by atoms with van der Waals surface area (Å²) in [6, 6.07) is 9.80. The molecular weight excluding hydrogens is 483 g/mol. The van der Waals surface area contributed by atoms with Gasteiger partial charge >= 0.3 is 18.0 Å². The summed E-state index contributed by atoms with van der Waals surface area (Å²) in [6.45, 7) is 3.75. The van der Waals surface area contributed by atoms with Gasteiger partial charge in [-0.1, -0.05) is 11.6 Å². The number of hydrogen-bond donors (Lipinski definition) is 3. The lowest BCUT2D eigenvalue weighted by Gasteiger charge is -2.43. The maximum Gasteiger partial charge on any atom is 0.416 e. The van der Waals surface area contributed by atoms with Crippen LogP contribution in [0.4, 0.5) is 18.9 Å². The molecular formula is C25H25ClF3N3O3. The lowest BCUT2D eigenvalue weighted by Crippen LogP contribution is -2.54. The van der Waals surface area contributed by atoms with E-state index >= 15 is 0 Å². The van der Waals surface area contributed by atoms with Gasteiger partial charge in [0.25, 0.3) is 0 Å². The molecule has 1 fully saturated rings. The summed E-state index contributed by atoms with van der Waals surface area (Å²) in [7, 11) is 0. The zero-order valence-electron chi connectivity index (χ0n) is 19.2. The Labute approximate surface area is 205 Å². The molecule has 6 nitrogen and oxygen atoms in total. The number of ether oxygens (including phenoxy) is 1. The predicted octanol–water partition coefficient (Wildman–Crippen LogP) is 6.07. The van der Waals surface area contributed by atoms with Gasteiger partial charge in [0.1, 0.15) is 11.4 Å². The van der Waals surface area contributed by atoms with Gasteiger partial charge in [-0.3, -0.25) is 9.59 Å². The van der Waals surface area contributed by atoms with Gasteiger partial charge in [-0.2, -0.15) is 13.2 Å². The number of alkyl halides is 3. The van der Waals surface area contributed by atoms with E-state index in [1.807, 2.05) is 13.8 Å². The average Bonchev–Trinajstić information content (AvgIpc) is 3.17. The van der Waals surface area contributed by atoms with Crippen LogP contribution in [-0.2, 0) is 15.8 Å². The van der Waals surface area contributed by atoms with Gasteiger partial charge in [-0.25, -0.2) is 0 Å². The monoisotopic (exact) mass is 507 g/mol. The number of amides is 2. The summed E-state index contributed by atoms with van der Waals surface area (Å²) < 4.78 is 44.3. The molecule has 3 N–H and O–H groups in total. The Morgan fingerprint density at radius 3 is 2.29 bits per heavy atom. The number of rotatable bonds is 4. The first-order valence-corrected chi connectivity index (χ1v) is 11.5. The fraction of sp³-hybridized carbons (Fsp3) is 0.360. The maximum absolute atomic E-state index is 12.8. The third kappa shape index (κ3) is 5.73. The van der Waals surface area contributed by atoms with Crippen molar-refractivity contribution in [2.75, 3.05) is 5.32 Å². The van der Waals surface area contributed by atoms with Crippen LogP contribution in [0.2, 0.25) is 5.02 Å². The maximum atomic E-state index is 12.8. The summed E-state index contributed by atoms with van der Waals surface area (Å²) >= 11 is 6.03. The Morgan fingerprint density at radius 2 is 1.66 bits per heavy atom. The normalized spacial score (nSPS) is 22.6. The third-order valence-electron chi connectivity index (χ3n) is 6.47. The molecule has 0 unspecified atom stereocenters. The smallest absolute Gasteiger partial charge is 0.416 e. The van der Waals surface area contributed by atoms with E-state index in [1.54, 1.807) is 24.4 Å². The molecule has 0 bridgehead atoms. The van der Waals surface area contributed by atoms with Gasteiger partial charge in [0.05, 0.1) is 11.3 Å². The number of carbonyl (C=O) groups is 2. The molecule has 10 heteroatoms. The molecule has 2 aromatic carbocycles. The summed E-state index contributed by atoms with van der Waals surface area (Å²) in [6.07, 6.45) is -0.641. The number of fused-ring (bicyclic) bond motifs is 1. The molecule has 186 valence electrons. The lowest BCUT2D eigenvalue weighted by molar-refractivity contribution is -0.138. The molecule has 1 saturated carbocycles. The van der Waals surface area contributed by atoms with Crippen LogP contribution in [0, 0.1) is 0 Å². The summed E-state index contributed by atoms with van der Waals surface area (Å²) in [5.74, 6) is -1.19. The van der Waals surface area contributed by atoms with E-state index in [1.165, 1.54) is 12.1 Å². The third-order valence-corrected chi connectivity index (χ3v) is 6.71. The van der Waals surface area contributed by atoms with Gasteiger partial charge in [0, 0.05) is 27.7 Å². The number of aromatic nitrogens is 1. The number of aromatic amines is 1. The van der Waals surface area contributed by atoms with Gasteiger partial charge < -0.3 is 20.4 Å². The molecule has 1 aliphatic rings. The van der Waals surface area contributed by atoms with Crippen molar-refractivity contribution in [1.82, 2.24) is 10.3 Å². The van der Waals surface area contributed by atoms with Crippen LogP contribution >= 0.6 is 11.6 Å². The van der Waals surface area contributed by atoms with Crippen LogP contribution < -0.4 is 15.4 Å². The molecule has 1 aromatic heterocycles. The molecule has 1 aliphatic carbocycles. The highest BCUT2D eigenvalue weighted by Crippen LogP contribution is 2.38. The fourth-order valence-electron chi connectivity index (χ4n) is 4.26. The molecule has 0 aliphatic heterocycles. The minimum absolute atomic E-state index is 0.353. The predicted molar refractivity (Wildman–Crippen MR) is 127 cm³/mol. The van der Waals surface area contributed by atoms with Gasteiger partial charge in [0.2, 0.25) is 0 Å². The van der Waals surface area contributed by atoms with Crippen LogP contribution in [0.25, 0.3) is 10.9 Å². The van der Waals surface area contributed by atoms with Crippen molar-refractivity contribution in [3.8, 4) is 5.75 Å². The Hall–Kier alpha value is -3.20. The summed E-state index contributed by atoms with van der Waals surface area (Å²) in [5, 5.41) is 6.64. The van der Waals surface area contributed by atoms with Gasteiger partial charge in [-0.15, -0.1) is 0 Å². The molecule has 0 atom stereocenters. The second-order valence-corrected chi connectivity index (χ2v) is 9.87. The average molecular weight is 508 g/mol. The van der Waals surface area contributed by atoms with Gasteiger partial charge in [-0.05, 0) is 82.0 Å². The molecule has 3 aromatic rings. The minimum Gasteiger partial charge on any atom is -0.488 e. The van der Waals surface area contributed by atoms with Crippen molar-refractivity contribution in [2.45, 2.75) is 56.8 Å². The Bertz CT molecular complexity index is 1250. The first kappa shape index (κ1) is 24.9. The molecule has 35 heavy (non-hydrogen) atoms. The number of H-pyrrole nitrogens is 1.